The molecule has 0 aliphatic heterocycles. The molecule has 0 heterocycles. The van der Waals surface area contributed by atoms with Gasteiger partial charge in [0.15, 0.2) is 0 Å². The molecule has 0 saturated heterocycles. The Hall–Kier alpha value is -5.21. The molecule has 2 aromatic carbocycles. The predicted molar refractivity (Wildman–Crippen MR) is 281 cm³/mol. The van der Waals surface area contributed by atoms with Gasteiger partial charge in [0.1, 0.15) is 23.6 Å². The average molecular weight is 1120 g/mol. The minimum Gasteiger partial charge on any atom is -0.489 e. The zero-order chi connectivity index (χ0) is 56.6. The van der Waals surface area contributed by atoms with Gasteiger partial charge in [-0.25, -0.2) is 9.59 Å². The van der Waals surface area contributed by atoms with Crippen LogP contribution < -0.4 is 41.4 Å². The van der Waals surface area contributed by atoms with E-state index in [2.05, 4.69) is 31.3 Å². The quantitative estimate of drug-likeness (QED) is 0.0684. The number of hydrogen-bond acceptors (Lipinski definition) is 11. The van der Waals surface area contributed by atoms with Crippen LogP contribution in [0, 0.1) is 23.7 Å². The first kappa shape index (κ1) is 65.9. The Morgan fingerprint density at radius 3 is 1.27 bits per heavy atom. The third-order valence-corrected chi connectivity index (χ3v) is 12.4. The number of ether oxygens (including phenoxy) is 4. The number of carbonyl (C=O) groups excluding carboxylic acids is 7. The Bertz CT molecular complexity index is 2170. The number of halogens is 6. The summed E-state index contributed by atoms with van der Waals surface area (Å²) < 4.78 is 58.1. The van der Waals surface area contributed by atoms with E-state index in [1.54, 1.807) is 37.4 Å². The molecule has 0 radical (unpaired) electrons. The van der Waals surface area contributed by atoms with Gasteiger partial charge in [0.05, 0.1) is 35.5 Å². The first-order valence-electron chi connectivity index (χ1n) is 25.2. The van der Waals surface area contributed by atoms with E-state index in [0.717, 1.165) is 25.7 Å². The summed E-state index contributed by atoms with van der Waals surface area (Å²) in [7, 11) is 3.01. The second-order valence-corrected chi connectivity index (χ2v) is 21.0. The Morgan fingerprint density at radius 2 is 0.960 bits per heavy atom. The first-order chi connectivity index (χ1) is 35.1. The molecule has 2 aliphatic rings. The van der Waals surface area contributed by atoms with Crippen molar-refractivity contribution in [3.05, 3.63) is 57.6 Å². The molecule has 6 amide bonds. The molecule has 2 atom stereocenters. The van der Waals surface area contributed by atoms with Crippen molar-refractivity contribution in [1.82, 2.24) is 31.9 Å². The van der Waals surface area contributed by atoms with Gasteiger partial charge in [-0.3, -0.25) is 24.0 Å². The van der Waals surface area contributed by atoms with E-state index < -0.39 is 41.5 Å². The van der Waals surface area contributed by atoms with Crippen LogP contribution in [0.15, 0.2) is 36.4 Å². The Balaban J connectivity index is 0.000000448. The van der Waals surface area contributed by atoms with Gasteiger partial charge in [-0.05, 0) is 152 Å². The van der Waals surface area contributed by atoms with Crippen LogP contribution in [0.5, 0.6) is 11.5 Å². The summed E-state index contributed by atoms with van der Waals surface area (Å²) >= 11 is 17.3. The lowest BCUT2D eigenvalue weighted by Crippen LogP contribution is -2.48. The van der Waals surface area contributed by atoms with Crippen molar-refractivity contribution in [2.45, 2.75) is 162 Å². The van der Waals surface area contributed by atoms with Crippen LogP contribution in [0.3, 0.4) is 0 Å². The van der Waals surface area contributed by atoms with Gasteiger partial charge in [-0.15, -0.1) is 0 Å². The fourth-order valence-electron chi connectivity index (χ4n) is 7.98. The van der Waals surface area contributed by atoms with Gasteiger partial charge in [0, 0.05) is 48.9 Å². The van der Waals surface area contributed by atoms with Crippen molar-refractivity contribution in [1.29, 1.82) is 0 Å². The molecule has 2 aliphatic carbocycles. The highest BCUT2D eigenvalue weighted by Gasteiger charge is 2.40. The average Bonchev–Trinajstić information content (AvgIpc) is 3.33. The minimum absolute atomic E-state index is 0.0112. The van der Waals surface area contributed by atoms with E-state index >= 15 is 0 Å². The molecule has 0 spiro atoms. The summed E-state index contributed by atoms with van der Waals surface area (Å²) in [6.45, 7) is 16.2. The fourth-order valence-corrected chi connectivity index (χ4v) is 8.49. The highest BCUT2D eigenvalue weighted by atomic mass is 35.5. The molecule has 0 aromatic heterocycles. The third-order valence-electron chi connectivity index (χ3n) is 11.7. The highest BCUT2D eigenvalue weighted by molar-refractivity contribution is 6.61. The molecule has 422 valence electrons. The number of hydrogen-bond donors (Lipinski definition) is 6. The number of amides is 6. The van der Waals surface area contributed by atoms with Gasteiger partial charge >= 0.3 is 23.6 Å². The van der Waals surface area contributed by atoms with Crippen LogP contribution in [0.1, 0.15) is 140 Å². The lowest BCUT2D eigenvalue weighted by molar-refractivity contribution is -0.174. The largest absolute Gasteiger partial charge is 0.489 e. The van der Waals surface area contributed by atoms with Crippen LogP contribution >= 0.6 is 34.8 Å². The molecule has 2 aromatic rings. The number of rotatable bonds is 20. The molecule has 23 heteroatoms. The van der Waals surface area contributed by atoms with E-state index in [1.165, 1.54) is 13.1 Å². The SMILES string of the molecule is CC(C)COC(=O)Cl.CNC(=O)C(CC1CCC(NC(=O)C(F)(F)F)CC1)NC(=O)c1ccc(OC(C)C)c(Cl)c1.CNC(=O)C(CC1CCC(NC(=O)OCC(C)C)CC1)NC(=O)c1ccc(OC(C)C)c(Cl)c1. The van der Waals surface area contributed by atoms with Gasteiger partial charge in [-0.2, -0.15) is 13.2 Å². The Labute approximate surface area is 453 Å². The summed E-state index contributed by atoms with van der Waals surface area (Å²) in [5.41, 5.74) is -0.0925. The molecule has 4 rings (SSSR count). The standard InChI is InChI=1S/C25H38ClN3O5.C22H29ClF3N3O4.C5H9ClO2/c1-15(2)14-33-25(32)28-19-9-6-17(7-10-19)12-21(24(31)27-5)29-23(30)18-8-11-22(20(26)13-18)34-16(3)4;1-12(2)33-18-9-6-14(11-16(18)23)19(30)29-17(20(31)27-3)10-13-4-7-15(8-5-13)28-21(32)22(24,25)26;1-4(2)3-8-5(6)7/h8,11,13,15-17,19,21H,6-7,9-10,12,14H2,1-5H3,(H,27,31)(H,28,32)(H,29,30);6,9,11-13,15,17H,4-5,7-8,10H2,1-3H3,(H,27,31)(H,28,32)(H,29,30);4H,3H2,1-2H3. The smallest absolute Gasteiger partial charge is 0.471 e. The normalized spacial score (nSPS) is 18.1. The van der Waals surface area contributed by atoms with Crippen molar-refractivity contribution >= 4 is 75.9 Å². The van der Waals surface area contributed by atoms with Crippen molar-refractivity contribution in [2.75, 3.05) is 27.3 Å². The van der Waals surface area contributed by atoms with Gasteiger partial charge in [0.25, 0.3) is 11.8 Å². The molecule has 6 N–H and O–H groups in total. The fraction of sp³-hybridized carbons (Fsp3) is 0.635. The second kappa shape index (κ2) is 33.1. The maximum Gasteiger partial charge on any atom is 0.471 e. The maximum absolute atomic E-state index is 12.8. The highest BCUT2D eigenvalue weighted by Crippen LogP contribution is 2.32. The van der Waals surface area contributed by atoms with Gasteiger partial charge < -0.3 is 50.8 Å². The lowest BCUT2D eigenvalue weighted by Gasteiger charge is -2.31. The van der Waals surface area contributed by atoms with E-state index in [-0.39, 0.29) is 64.5 Å². The second-order valence-electron chi connectivity index (χ2n) is 19.9. The van der Waals surface area contributed by atoms with Crippen LogP contribution in [0.25, 0.3) is 0 Å². The van der Waals surface area contributed by atoms with Crippen LogP contribution in [0.4, 0.5) is 22.8 Å². The summed E-state index contributed by atoms with van der Waals surface area (Å²) in [6.07, 6.45) is 0.556. The third kappa shape index (κ3) is 25.9. The molecular weight excluding hydrogens is 1050 g/mol. The Kier molecular flexibility index (Phi) is 29.0. The minimum atomic E-state index is -4.91. The number of likely N-dealkylation sites (N-methyl/N-ethyl adjacent to an activating group) is 2. The van der Waals surface area contributed by atoms with Crippen molar-refractivity contribution < 1.29 is 65.7 Å². The number of alkyl halides is 3. The van der Waals surface area contributed by atoms with E-state index in [0.29, 0.717) is 85.7 Å². The molecule has 2 saturated carbocycles. The summed E-state index contributed by atoms with van der Waals surface area (Å²) in [4.78, 5) is 83.3. The number of alkyl carbamates (subject to hydrolysis) is 1. The van der Waals surface area contributed by atoms with Crippen LogP contribution in [0.2, 0.25) is 10.0 Å². The topological polar surface area (TPSA) is 229 Å². The molecule has 2 fully saturated rings. The van der Waals surface area contributed by atoms with Crippen LogP contribution in [-0.2, 0) is 23.9 Å². The number of carbonyl (C=O) groups is 7. The molecular formula is C52H76Cl3F3N6O11. The Morgan fingerprint density at radius 1 is 0.587 bits per heavy atom. The van der Waals surface area contributed by atoms with Gasteiger partial charge in [-0.1, -0.05) is 50.9 Å². The molecule has 17 nitrogen and oxygen atoms in total. The molecule has 2 unspecified atom stereocenters. The zero-order valence-electron chi connectivity index (χ0n) is 44.5. The summed E-state index contributed by atoms with van der Waals surface area (Å²) in [5, 5.41) is 16.3. The van der Waals surface area contributed by atoms with Crippen molar-refractivity contribution in [3.8, 4) is 11.5 Å². The van der Waals surface area contributed by atoms with E-state index in [9.17, 15) is 46.7 Å². The summed E-state index contributed by atoms with van der Waals surface area (Å²) in [6, 6.07) is 7.47. The zero-order valence-corrected chi connectivity index (χ0v) is 46.7. The monoisotopic (exact) mass is 1120 g/mol. The number of benzene rings is 2. The van der Waals surface area contributed by atoms with Gasteiger partial charge in [0.2, 0.25) is 11.8 Å². The van der Waals surface area contributed by atoms with E-state index in [1.807, 2.05) is 60.7 Å². The van der Waals surface area contributed by atoms with Crippen molar-refractivity contribution in [2.24, 2.45) is 23.7 Å². The molecule has 75 heavy (non-hydrogen) atoms. The molecule has 0 bridgehead atoms. The first-order valence-corrected chi connectivity index (χ1v) is 26.4. The predicted octanol–water partition coefficient (Wildman–Crippen LogP) is 9.92. The van der Waals surface area contributed by atoms with Crippen LogP contribution in [-0.4, -0.2) is 111 Å². The maximum atomic E-state index is 12.8. The van der Waals surface area contributed by atoms with Crippen molar-refractivity contribution in [3.63, 3.8) is 0 Å². The number of nitrogens with one attached hydrogen (secondary N) is 6. The lowest BCUT2D eigenvalue weighted by atomic mass is 9.82. The summed E-state index contributed by atoms with van der Waals surface area (Å²) in [5.74, 6) is -1.52. The van der Waals surface area contributed by atoms with E-state index in [4.69, 9.17) is 49.0 Å².